The Balaban J connectivity index is 1.53. The minimum atomic E-state index is -0.644. The fourth-order valence-electron chi connectivity index (χ4n) is 4.40. The van der Waals surface area contributed by atoms with Crippen LogP contribution in [0.2, 0.25) is 5.02 Å². The zero-order valence-corrected chi connectivity index (χ0v) is 20.1. The normalized spacial score (nSPS) is 18.9. The summed E-state index contributed by atoms with van der Waals surface area (Å²) in [5, 5.41) is 6.19. The first kappa shape index (κ1) is 23.9. The number of anilines is 1. The SMILES string of the molecule is CCOc1ccccc1N1CCN(CC2=C(C(=O)OC)[C@@H](c3cccc(Cl)c3)NC(=O)N2)CC1. The molecule has 2 aliphatic rings. The number of urea groups is 1. The average molecular weight is 485 g/mol. The summed E-state index contributed by atoms with van der Waals surface area (Å²) in [7, 11) is 1.34. The van der Waals surface area contributed by atoms with Gasteiger partial charge in [0.15, 0.2) is 0 Å². The van der Waals surface area contributed by atoms with E-state index in [1.165, 1.54) is 7.11 Å². The second-order valence-corrected chi connectivity index (χ2v) is 8.57. The van der Waals surface area contributed by atoms with E-state index in [9.17, 15) is 9.59 Å². The molecule has 2 heterocycles. The predicted octanol–water partition coefficient (Wildman–Crippen LogP) is 3.34. The number of nitrogens with zero attached hydrogens (tertiary/aromatic N) is 2. The number of ether oxygens (including phenoxy) is 2. The molecule has 2 aromatic rings. The maximum atomic E-state index is 12.8. The Morgan fingerprint density at radius 3 is 2.59 bits per heavy atom. The standard InChI is InChI=1S/C25H29ClN4O4/c1-3-34-21-10-5-4-9-20(21)30-13-11-29(12-14-30)16-19-22(24(31)33-2)23(28-25(32)27-19)17-7-6-8-18(26)15-17/h4-10,15,23H,3,11-14,16H2,1-2H3,(H2,27,28,32)/t23-/m1/s1. The van der Waals surface area contributed by atoms with Crippen molar-refractivity contribution in [1.82, 2.24) is 15.5 Å². The Kier molecular flexibility index (Phi) is 7.59. The maximum Gasteiger partial charge on any atom is 0.338 e. The van der Waals surface area contributed by atoms with E-state index < -0.39 is 12.0 Å². The molecular formula is C25H29ClN4O4. The monoisotopic (exact) mass is 484 g/mol. The second kappa shape index (κ2) is 10.8. The zero-order valence-electron chi connectivity index (χ0n) is 19.3. The van der Waals surface area contributed by atoms with Crippen LogP contribution >= 0.6 is 11.6 Å². The number of para-hydroxylation sites is 2. The lowest BCUT2D eigenvalue weighted by molar-refractivity contribution is -0.136. The molecular weight excluding hydrogens is 456 g/mol. The molecule has 4 rings (SSSR count). The molecule has 1 saturated heterocycles. The lowest BCUT2D eigenvalue weighted by atomic mass is 9.95. The Labute approximate surface area is 204 Å². The first-order chi connectivity index (χ1) is 16.5. The van der Waals surface area contributed by atoms with Gasteiger partial charge in [-0.05, 0) is 36.8 Å². The molecule has 0 bridgehead atoms. The van der Waals surface area contributed by atoms with Gasteiger partial charge in [0.1, 0.15) is 5.75 Å². The lowest BCUT2D eigenvalue weighted by Gasteiger charge is -2.38. The van der Waals surface area contributed by atoms with Crippen molar-refractivity contribution in [3.05, 3.63) is 70.4 Å². The van der Waals surface area contributed by atoms with Gasteiger partial charge in [-0.1, -0.05) is 35.9 Å². The first-order valence-corrected chi connectivity index (χ1v) is 11.7. The summed E-state index contributed by atoms with van der Waals surface area (Å²) in [5.74, 6) is 0.390. The van der Waals surface area contributed by atoms with Gasteiger partial charge in [-0.3, -0.25) is 4.90 Å². The molecule has 9 heteroatoms. The number of amides is 2. The highest BCUT2D eigenvalue weighted by Gasteiger charge is 2.34. The van der Waals surface area contributed by atoms with Crippen LogP contribution in [0, 0.1) is 0 Å². The predicted molar refractivity (Wildman–Crippen MR) is 131 cm³/mol. The minimum Gasteiger partial charge on any atom is -0.492 e. The van der Waals surface area contributed by atoms with Gasteiger partial charge >= 0.3 is 12.0 Å². The van der Waals surface area contributed by atoms with Crippen molar-refractivity contribution in [2.75, 3.05) is 51.3 Å². The number of methoxy groups -OCH3 is 1. The van der Waals surface area contributed by atoms with Gasteiger partial charge in [-0.25, -0.2) is 9.59 Å². The maximum absolute atomic E-state index is 12.8. The number of rotatable bonds is 7. The smallest absolute Gasteiger partial charge is 0.338 e. The van der Waals surface area contributed by atoms with Crippen LogP contribution in [0.5, 0.6) is 5.75 Å². The van der Waals surface area contributed by atoms with Crippen LogP contribution in [-0.2, 0) is 9.53 Å². The van der Waals surface area contributed by atoms with E-state index in [4.69, 9.17) is 21.1 Å². The molecule has 0 aliphatic carbocycles. The number of esters is 1. The van der Waals surface area contributed by atoms with Crippen molar-refractivity contribution < 1.29 is 19.1 Å². The second-order valence-electron chi connectivity index (χ2n) is 8.13. The third-order valence-electron chi connectivity index (χ3n) is 6.00. The van der Waals surface area contributed by atoms with E-state index in [1.807, 2.05) is 31.2 Å². The Bertz CT molecular complexity index is 1080. The molecule has 2 aromatic carbocycles. The van der Waals surface area contributed by atoms with Crippen molar-refractivity contribution in [1.29, 1.82) is 0 Å². The fourth-order valence-corrected chi connectivity index (χ4v) is 4.60. The van der Waals surface area contributed by atoms with E-state index in [0.29, 0.717) is 29.4 Å². The topological polar surface area (TPSA) is 83.1 Å². The molecule has 0 spiro atoms. The summed E-state index contributed by atoms with van der Waals surface area (Å²) in [6.45, 7) is 6.15. The molecule has 0 radical (unpaired) electrons. The third-order valence-corrected chi connectivity index (χ3v) is 6.24. The number of piperazine rings is 1. The molecule has 0 aromatic heterocycles. The van der Waals surface area contributed by atoms with Gasteiger partial charge in [0.2, 0.25) is 0 Å². The Morgan fingerprint density at radius 1 is 1.12 bits per heavy atom. The van der Waals surface area contributed by atoms with Crippen LogP contribution < -0.4 is 20.3 Å². The van der Waals surface area contributed by atoms with Crippen molar-refractivity contribution in [2.45, 2.75) is 13.0 Å². The van der Waals surface area contributed by atoms with Crippen molar-refractivity contribution in [2.24, 2.45) is 0 Å². The third kappa shape index (κ3) is 5.29. The summed E-state index contributed by atoms with van der Waals surface area (Å²) >= 11 is 6.17. The molecule has 2 N–H and O–H groups in total. The van der Waals surface area contributed by atoms with E-state index in [-0.39, 0.29) is 6.03 Å². The Hall–Kier alpha value is -3.23. The number of carbonyl (C=O) groups is 2. The van der Waals surface area contributed by atoms with E-state index in [2.05, 4.69) is 26.5 Å². The molecule has 1 atom stereocenters. The van der Waals surface area contributed by atoms with Crippen LogP contribution in [-0.4, -0.2) is 63.3 Å². The quantitative estimate of drug-likeness (QED) is 0.586. The molecule has 0 saturated carbocycles. The average Bonchev–Trinajstić information content (AvgIpc) is 2.84. The highest BCUT2D eigenvalue weighted by Crippen LogP contribution is 2.31. The number of halogens is 1. The first-order valence-electron chi connectivity index (χ1n) is 11.3. The number of nitrogens with one attached hydrogen (secondary N) is 2. The van der Waals surface area contributed by atoms with Gasteiger partial charge in [-0.2, -0.15) is 0 Å². The molecule has 34 heavy (non-hydrogen) atoms. The highest BCUT2D eigenvalue weighted by molar-refractivity contribution is 6.30. The van der Waals surface area contributed by atoms with Gasteiger partial charge < -0.3 is 25.0 Å². The fraction of sp³-hybridized carbons (Fsp3) is 0.360. The number of hydrogen-bond acceptors (Lipinski definition) is 6. The number of benzene rings is 2. The van der Waals surface area contributed by atoms with Crippen LogP contribution in [0.25, 0.3) is 0 Å². The van der Waals surface area contributed by atoms with Crippen molar-refractivity contribution >= 4 is 29.3 Å². The molecule has 180 valence electrons. The van der Waals surface area contributed by atoms with E-state index in [1.54, 1.807) is 18.2 Å². The van der Waals surface area contributed by atoms with E-state index >= 15 is 0 Å². The largest absolute Gasteiger partial charge is 0.492 e. The molecule has 2 amide bonds. The number of carbonyl (C=O) groups excluding carboxylic acids is 2. The van der Waals surface area contributed by atoms with Crippen LogP contribution in [0.3, 0.4) is 0 Å². The van der Waals surface area contributed by atoms with Gasteiger partial charge in [-0.15, -0.1) is 0 Å². The van der Waals surface area contributed by atoms with Crippen LogP contribution in [0.1, 0.15) is 18.5 Å². The van der Waals surface area contributed by atoms with Gasteiger partial charge in [0.25, 0.3) is 0 Å². The molecule has 1 fully saturated rings. The van der Waals surface area contributed by atoms with Crippen molar-refractivity contribution in [3.63, 3.8) is 0 Å². The van der Waals surface area contributed by atoms with Gasteiger partial charge in [0, 0.05) is 43.4 Å². The molecule has 0 unspecified atom stereocenters. The summed E-state index contributed by atoms with van der Waals surface area (Å²) in [6, 6.07) is 14.1. The minimum absolute atomic E-state index is 0.364. The highest BCUT2D eigenvalue weighted by atomic mass is 35.5. The summed E-state index contributed by atoms with van der Waals surface area (Å²) in [4.78, 5) is 29.8. The lowest BCUT2D eigenvalue weighted by Crippen LogP contribution is -2.51. The van der Waals surface area contributed by atoms with Crippen LogP contribution in [0.4, 0.5) is 10.5 Å². The van der Waals surface area contributed by atoms with Gasteiger partial charge in [0.05, 0.1) is 31.0 Å². The molecule has 8 nitrogen and oxygen atoms in total. The summed E-state index contributed by atoms with van der Waals surface area (Å²) in [5.41, 5.74) is 2.73. The van der Waals surface area contributed by atoms with Crippen LogP contribution in [0.15, 0.2) is 59.8 Å². The number of hydrogen-bond donors (Lipinski definition) is 2. The zero-order chi connectivity index (χ0) is 24.1. The van der Waals surface area contributed by atoms with E-state index in [0.717, 1.165) is 43.2 Å². The summed E-state index contributed by atoms with van der Waals surface area (Å²) in [6.07, 6.45) is 0. The van der Waals surface area contributed by atoms with Crippen molar-refractivity contribution in [3.8, 4) is 5.75 Å². The molecule has 2 aliphatic heterocycles. The summed E-state index contributed by atoms with van der Waals surface area (Å²) < 4.78 is 10.9. The Morgan fingerprint density at radius 2 is 1.88 bits per heavy atom.